The van der Waals surface area contributed by atoms with Crippen molar-refractivity contribution in [2.45, 2.75) is 0 Å². The van der Waals surface area contributed by atoms with Crippen LogP contribution in [-0.2, 0) is 0 Å². The second-order valence-corrected chi connectivity index (χ2v) is 5.18. The molecule has 8 heteroatoms. The minimum atomic E-state index is -10.7. The van der Waals surface area contributed by atoms with Gasteiger partial charge in [0.05, 0.1) is 0 Å². The second-order valence-electron chi connectivity index (χ2n) is 2.27. The van der Waals surface area contributed by atoms with Gasteiger partial charge in [0.15, 0.2) is 0 Å². The Balaban J connectivity index is 0.000000241. The molecule has 1 rings (SSSR count). The molecule has 0 fully saturated rings. The van der Waals surface area contributed by atoms with E-state index < -0.39 is 7.81 Å². The van der Waals surface area contributed by atoms with Crippen LogP contribution in [0, 0.1) is 0 Å². The van der Waals surface area contributed by atoms with Crippen molar-refractivity contribution in [3.05, 3.63) is 30.3 Å². The van der Waals surface area contributed by atoms with Crippen LogP contribution in [0.5, 0.6) is 0 Å². The van der Waals surface area contributed by atoms with Gasteiger partial charge in [-0.15, -0.1) is 0 Å². The molecular weight excluding hydrogens is 296 g/mol. The van der Waals surface area contributed by atoms with Crippen molar-refractivity contribution >= 4 is 28.3 Å². The summed E-state index contributed by atoms with van der Waals surface area (Å²) in [7, 11) is -10.7. The Morgan fingerprint density at radius 1 is 0.786 bits per heavy atom. The van der Waals surface area contributed by atoms with E-state index in [0.717, 1.165) is 0 Å². The molecule has 0 saturated carbocycles. The van der Waals surface area contributed by atoms with Gasteiger partial charge >= 0.3 is 83.8 Å². The van der Waals surface area contributed by atoms with Gasteiger partial charge < -0.3 is 0 Å². The van der Waals surface area contributed by atoms with Crippen LogP contribution in [0.15, 0.2) is 30.3 Å². The van der Waals surface area contributed by atoms with E-state index in [4.69, 9.17) is 0 Å². The van der Waals surface area contributed by atoms with Crippen LogP contribution in [0.4, 0.5) is 25.2 Å². The maximum absolute atomic E-state index is 10.7. The molecule has 0 aliphatic rings. The van der Waals surface area contributed by atoms with Crippen molar-refractivity contribution in [2.24, 2.45) is 0 Å². The van der Waals surface area contributed by atoms with Gasteiger partial charge in [-0.3, -0.25) is 0 Å². The van der Waals surface area contributed by atoms with Gasteiger partial charge in [-0.1, -0.05) is 0 Å². The van der Waals surface area contributed by atoms with E-state index >= 15 is 0 Å². The van der Waals surface area contributed by atoms with Crippen LogP contribution >= 0.6 is 7.81 Å². The molecular formula is C6H5F6PSe. The Kier molecular flexibility index (Phi) is 3.34. The van der Waals surface area contributed by atoms with E-state index in [-0.39, 0.29) is 0 Å². The fourth-order valence-corrected chi connectivity index (χ4v) is 0.750. The Hall–Kier alpha value is -0.251. The molecule has 2 radical (unpaired) electrons. The molecule has 0 unspecified atom stereocenters. The maximum atomic E-state index is 9.87. The Morgan fingerprint density at radius 2 is 1.07 bits per heavy atom. The zero-order valence-corrected chi connectivity index (χ0v) is 9.12. The normalized spacial score (nSPS) is 15.9. The molecule has 0 saturated heterocycles. The fourth-order valence-electron chi connectivity index (χ4n) is 0.420. The van der Waals surface area contributed by atoms with Crippen molar-refractivity contribution in [1.29, 1.82) is 0 Å². The van der Waals surface area contributed by atoms with Crippen molar-refractivity contribution in [2.75, 3.05) is 0 Å². The summed E-state index contributed by atoms with van der Waals surface area (Å²) >= 11 is 2.90. The summed E-state index contributed by atoms with van der Waals surface area (Å²) < 4.78 is 60.4. The molecule has 0 aliphatic heterocycles. The SMILES string of the molecule is F[P-](F)(F)(F)(F)F.[Se+]c1ccccc1. The standard InChI is InChI=1S/C6H5Se.F6P/c7-6-4-2-1-3-5-6;1-7(2,3,4,5)6/h1-5H;/q+1;-1. The summed E-state index contributed by atoms with van der Waals surface area (Å²) in [6.07, 6.45) is 0. The van der Waals surface area contributed by atoms with Gasteiger partial charge in [0.1, 0.15) is 0 Å². The molecule has 0 aromatic heterocycles. The van der Waals surface area contributed by atoms with Crippen molar-refractivity contribution in [1.82, 2.24) is 0 Å². The number of hydrogen-bond donors (Lipinski definition) is 0. The van der Waals surface area contributed by atoms with E-state index in [1.165, 1.54) is 4.46 Å². The third-order valence-corrected chi connectivity index (χ3v) is 1.31. The van der Waals surface area contributed by atoms with E-state index in [9.17, 15) is 25.2 Å². The molecule has 0 atom stereocenters. The summed E-state index contributed by atoms with van der Waals surface area (Å²) in [6, 6.07) is 10.1. The quantitative estimate of drug-likeness (QED) is 0.388. The van der Waals surface area contributed by atoms with Crippen LogP contribution in [0.1, 0.15) is 0 Å². The van der Waals surface area contributed by atoms with Crippen molar-refractivity contribution < 1.29 is 25.2 Å². The van der Waals surface area contributed by atoms with Gasteiger partial charge in [0, 0.05) is 0 Å². The topological polar surface area (TPSA) is 0 Å². The average molecular weight is 301 g/mol. The molecule has 0 N–H and O–H groups in total. The summed E-state index contributed by atoms with van der Waals surface area (Å²) in [5, 5.41) is 0. The second kappa shape index (κ2) is 3.40. The summed E-state index contributed by atoms with van der Waals surface area (Å²) in [5.74, 6) is 0. The third-order valence-electron chi connectivity index (χ3n) is 0.743. The van der Waals surface area contributed by atoms with Gasteiger partial charge in [0.25, 0.3) is 0 Å². The monoisotopic (exact) mass is 302 g/mol. The van der Waals surface area contributed by atoms with E-state index in [2.05, 4.69) is 16.0 Å². The van der Waals surface area contributed by atoms with Gasteiger partial charge in [-0.25, -0.2) is 0 Å². The van der Waals surface area contributed by atoms with Crippen molar-refractivity contribution in [3.63, 3.8) is 0 Å². The first-order valence-corrected chi connectivity index (χ1v) is 6.01. The first-order chi connectivity index (χ1) is 5.84. The predicted octanol–water partition coefficient (Wildman–Crippen LogP) is 3.86. The molecule has 0 aliphatic carbocycles. The van der Waals surface area contributed by atoms with Crippen LogP contribution in [0.2, 0.25) is 0 Å². The van der Waals surface area contributed by atoms with Crippen LogP contribution in [0.25, 0.3) is 0 Å². The van der Waals surface area contributed by atoms with Crippen LogP contribution in [0.3, 0.4) is 0 Å². The molecule has 0 bridgehead atoms. The fraction of sp³-hybridized carbons (Fsp3) is 0. The van der Waals surface area contributed by atoms with Gasteiger partial charge in [-0.2, -0.15) is 0 Å². The molecule has 0 amide bonds. The molecule has 0 heterocycles. The van der Waals surface area contributed by atoms with Crippen molar-refractivity contribution in [3.8, 4) is 0 Å². The Labute approximate surface area is 84.4 Å². The Bertz CT molecular complexity index is 278. The van der Waals surface area contributed by atoms with Crippen LogP contribution in [-0.4, -0.2) is 16.0 Å². The first-order valence-electron chi connectivity index (χ1n) is 3.13. The average Bonchev–Trinajstić information content (AvgIpc) is 1.81. The number of hydrogen-bond acceptors (Lipinski definition) is 0. The van der Waals surface area contributed by atoms with E-state index in [1.807, 2.05) is 30.3 Å². The minimum absolute atomic E-state index is 1.20. The third kappa shape index (κ3) is 22.6. The summed E-state index contributed by atoms with van der Waals surface area (Å²) in [5.41, 5.74) is 0. The van der Waals surface area contributed by atoms with E-state index in [1.54, 1.807) is 0 Å². The van der Waals surface area contributed by atoms with Crippen LogP contribution < -0.4 is 4.46 Å². The molecule has 1 aromatic carbocycles. The zero-order valence-electron chi connectivity index (χ0n) is 6.51. The number of halogens is 6. The van der Waals surface area contributed by atoms with Gasteiger partial charge in [-0.05, 0) is 0 Å². The summed E-state index contributed by atoms with van der Waals surface area (Å²) in [6.45, 7) is 0. The first kappa shape index (κ1) is 13.7. The number of benzene rings is 1. The molecule has 0 spiro atoms. The van der Waals surface area contributed by atoms with E-state index in [0.29, 0.717) is 0 Å². The summed E-state index contributed by atoms with van der Waals surface area (Å²) in [4.78, 5) is 0. The molecule has 82 valence electrons. The predicted molar refractivity (Wildman–Crippen MR) is 45.4 cm³/mol. The molecule has 0 nitrogen and oxygen atoms in total. The number of rotatable bonds is 0. The molecule has 1 aromatic rings. The molecule has 14 heavy (non-hydrogen) atoms. The zero-order chi connectivity index (χ0) is 11.5. The Morgan fingerprint density at radius 3 is 1.21 bits per heavy atom. The van der Waals surface area contributed by atoms with Gasteiger partial charge in [0.2, 0.25) is 0 Å².